The van der Waals surface area contributed by atoms with Crippen LogP contribution in [0.25, 0.3) is 10.2 Å². The van der Waals surface area contributed by atoms with E-state index < -0.39 is 0 Å². The van der Waals surface area contributed by atoms with Crippen LogP contribution in [-0.4, -0.2) is 41.2 Å². The van der Waals surface area contributed by atoms with E-state index in [0.29, 0.717) is 6.04 Å². The lowest BCUT2D eigenvalue weighted by Crippen LogP contribution is -2.25. The van der Waals surface area contributed by atoms with Crippen molar-refractivity contribution in [2.75, 3.05) is 18.5 Å². The van der Waals surface area contributed by atoms with Crippen LogP contribution in [0.2, 0.25) is 0 Å². The van der Waals surface area contributed by atoms with Gasteiger partial charge in [-0.1, -0.05) is 0 Å². The highest BCUT2D eigenvalue weighted by Crippen LogP contribution is 2.34. The third-order valence-corrected chi connectivity index (χ3v) is 5.57. The van der Waals surface area contributed by atoms with Crippen LogP contribution in [0.1, 0.15) is 40.9 Å². The fraction of sp³-hybridized carbons (Fsp3) is 0.562. The molecule has 2 aromatic rings. The molecular weight excluding hydrogens is 312 g/mol. The van der Waals surface area contributed by atoms with Gasteiger partial charge < -0.3 is 15.4 Å². The minimum Gasteiger partial charge on any atom is -0.376 e. The van der Waals surface area contributed by atoms with Gasteiger partial charge in [0.05, 0.1) is 16.4 Å². The Balaban J connectivity index is 1.59. The molecule has 6 nitrogen and oxygen atoms in total. The maximum Gasteiger partial charge on any atom is 0.261 e. The third kappa shape index (κ3) is 3.03. The normalized spacial score (nSPS) is 20.8. The van der Waals surface area contributed by atoms with Crippen molar-refractivity contribution in [2.45, 2.75) is 44.8 Å². The van der Waals surface area contributed by atoms with Gasteiger partial charge in [-0.15, -0.1) is 11.3 Å². The Labute approximate surface area is 138 Å². The molecule has 0 aromatic carbocycles. The van der Waals surface area contributed by atoms with Gasteiger partial charge >= 0.3 is 0 Å². The second kappa shape index (κ2) is 6.05. The van der Waals surface area contributed by atoms with Gasteiger partial charge in [0.1, 0.15) is 17.0 Å². The Bertz CT molecular complexity index is 735. The number of aryl methyl sites for hydroxylation is 1. The molecule has 1 atom stereocenters. The first-order valence-corrected chi connectivity index (χ1v) is 8.94. The van der Waals surface area contributed by atoms with Crippen LogP contribution in [-0.2, 0) is 4.74 Å². The van der Waals surface area contributed by atoms with E-state index in [4.69, 9.17) is 4.74 Å². The fourth-order valence-corrected chi connectivity index (χ4v) is 3.97. The van der Waals surface area contributed by atoms with E-state index in [9.17, 15) is 4.79 Å². The quantitative estimate of drug-likeness (QED) is 0.880. The number of thiophene rings is 1. The van der Waals surface area contributed by atoms with Crippen molar-refractivity contribution in [3.63, 3.8) is 0 Å². The summed E-state index contributed by atoms with van der Waals surface area (Å²) in [5, 5.41) is 7.38. The average molecular weight is 332 g/mol. The number of ether oxygens (including phenoxy) is 1. The zero-order valence-corrected chi connectivity index (χ0v) is 13.9. The maximum atomic E-state index is 12.4. The molecule has 0 bridgehead atoms. The summed E-state index contributed by atoms with van der Waals surface area (Å²) in [4.78, 5) is 22.7. The van der Waals surface area contributed by atoms with Gasteiger partial charge in [0.2, 0.25) is 0 Å². The van der Waals surface area contributed by atoms with Crippen molar-refractivity contribution in [3.8, 4) is 0 Å². The van der Waals surface area contributed by atoms with E-state index in [1.165, 1.54) is 11.3 Å². The van der Waals surface area contributed by atoms with Gasteiger partial charge in [-0.2, -0.15) is 0 Å². The highest BCUT2D eigenvalue weighted by Gasteiger charge is 2.27. The standard InChI is InChI=1S/C16H20N4O2S/c1-9-12-14(17-7-11-3-2-6-22-11)18-8-19-16(12)23-13(9)15(21)20-10-4-5-10/h8,10-11H,2-7H2,1H3,(H,20,21)(H,17,18,19). The highest BCUT2D eigenvalue weighted by molar-refractivity contribution is 7.20. The second-order valence-corrected chi connectivity index (χ2v) is 7.22. The second-order valence-electron chi connectivity index (χ2n) is 6.22. The summed E-state index contributed by atoms with van der Waals surface area (Å²) in [6, 6.07) is 0.357. The first-order valence-electron chi connectivity index (χ1n) is 8.13. The minimum atomic E-state index is 0.0121. The molecule has 4 rings (SSSR count). The molecule has 1 saturated heterocycles. The van der Waals surface area contributed by atoms with Crippen LogP contribution < -0.4 is 10.6 Å². The number of hydrogen-bond acceptors (Lipinski definition) is 6. The molecule has 1 unspecified atom stereocenters. The van der Waals surface area contributed by atoms with Crippen molar-refractivity contribution >= 4 is 33.3 Å². The van der Waals surface area contributed by atoms with Crippen molar-refractivity contribution in [1.29, 1.82) is 0 Å². The van der Waals surface area contributed by atoms with Gasteiger partial charge in [-0.3, -0.25) is 4.79 Å². The first-order chi connectivity index (χ1) is 11.2. The van der Waals surface area contributed by atoms with Gasteiger partial charge in [-0.25, -0.2) is 9.97 Å². The van der Waals surface area contributed by atoms with Crippen LogP contribution in [0, 0.1) is 6.92 Å². The van der Waals surface area contributed by atoms with Crippen LogP contribution in [0.15, 0.2) is 6.33 Å². The van der Waals surface area contributed by atoms with E-state index in [2.05, 4.69) is 20.6 Å². The Morgan fingerprint density at radius 1 is 1.39 bits per heavy atom. The molecule has 2 fully saturated rings. The maximum absolute atomic E-state index is 12.4. The molecule has 7 heteroatoms. The van der Waals surface area contributed by atoms with Gasteiger partial charge in [-0.05, 0) is 38.2 Å². The number of carbonyl (C=O) groups excluding carboxylic acids is 1. The molecule has 2 aliphatic rings. The van der Waals surface area contributed by atoms with Crippen molar-refractivity contribution < 1.29 is 9.53 Å². The monoisotopic (exact) mass is 332 g/mol. The van der Waals surface area contributed by atoms with Crippen molar-refractivity contribution in [3.05, 3.63) is 16.8 Å². The summed E-state index contributed by atoms with van der Waals surface area (Å²) in [7, 11) is 0. The molecular formula is C16H20N4O2S. The van der Waals surface area contributed by atoms with Crippen LogP contribution in [0.5, 0.6) is 0 Å². The number of aromatic nitrogens is 2. The molecule has 1 saturated carbocycles. The molecule has 1 aliphatic heterocycles. The third-order valence-electron chi connectivity index (χ3n) is 4.37. The Kier molecular flexibility index (Phi) is 3.90. The molecule has 1 amide bonds. The van der Waals surface area contributed by atoms with E-state index in [1.54, 1.807) is 6.33 Å². The number of nitrogens with one attached hydrogen (secondary N) is 2. The van der Waals surface area contributed by atoms with Gasteiger partial charge in [0.25, 0.3) is 5.91 Å². The molecule has 0 radical (unpaired) electrons. The molecule has 3 heterocycles. The number of nitrogens with zero attached hydrogens (tertiary/aromatic N) is 2. The van der Waals surface area contributed by atoms with E-state index >= 15 is 0 Å². The van der Waals surface area contributed by atoms with Crippen molar-refractivity contribution in [1.82, 2.24) is 15.3 Å². The zero-order valence-electron chi connectivity index (χ0n) is 13.1. The fourth-order valence-electron chi connectivity index (χ4n) is 2.92. The average Bonchev–Trinajstić information content (AvgIpc) is 3.09. The predicted octanol–water partition coefficient (Wildman–Crippen LogP) is 2.48. The van der Waals surface area contributed by atoms with Crippen LogP contribution >= 0.6 is 11.3 Å². The summed E-state index contributed by atoms with van der Waals surface area (Å²) < 4.78 is 5.64. The number of fused-ring (bicyclic) bond motifs is 1. The van der Waals surface area contributed by atoms with E-state index in [1.807, 2.05) is 6.92 Å². The van der Waals surface area contributed by atoms with Gasteiger partial charge in [0, 0.05) is 19.2 Å². The largest absolute Gasteiger partial charge is 0.376 e. The lowest BCUT2D eigenvalue weighted by atomic mass is 10.2. The molecule has 122 valence electrons. The Hall–Kier alpha value is -1.73. The number of carbonyl (C=O) groups is 1. The smallest absolute Gasteiger partial charge is 0.261 e. The Morgan fingerprint density at radius 2 is 2.26 bits per heavy atom. The highest BCUT2D eigenvalue weighted by atomic mass is 32.1. The van der Waals surface area contributed by atoms with E-state index in [0.717, 1.165) is 65.3 Å². The van der Waals surface area contributed by atoms with Crippen molar-refractivity contribution in [2.24, 2.45) is 0 Å². The number of amides is 1. The zero-order chi connectivity index (χ0) is 15.8. The van der Waals surface area contributed by atoms with E-state index in [-0.39, 0.29) is 12.0 Å². The SMILES string of the molecule is Cc1c(C(=O)NC2CC2)sc2ncnc(NCC3CCCO3)c12. The Morgan fingerprint density at radius 3 is 3.00 bits per heavy atom. The van der Waals surface area contributed by atoms with Gasteiger partial charge in [0.15, 0.2) is 0 Å². The van der Waals surface area contributed by atoms with Crippen LogP contribution in [0.3, 0.4) is 0 Å². The summed E-state index contributed by atoms with van der Waals surface area (Å²) in [5.74, 6) is 0.808. The lowest BCUT2D eigenvalue weighted by Gasteiger charge is -2.12. The number of rotatable bonds is 5. The van der Waals surface area contributed by atoms with Crippen LogP contribution in [0.4, 0.5) is 5.82 Å². The molecule has 1 aliphatic carbocycles. The summed E-state index contributed by atoms with van der Waals surface area (Å²) in [6.07, 6.45) is 6.18. The summed E-state index contributed by atoms with van der Waals surface area (Å²) in [5.41, 5.74) is 0.957. The summed E-state index contributed by atoms with van der Waals surface area (Å²) >= 11 is 1.44. The topological polar surface area (TPSA) is 76.1 Å². The molecule has 2 N–H and O–H groups in total. The first kappa shape index (κ1) is 14.8. The number of hydrogen-bond donors (Lipinski definition) is 2. The molecule has 0 spiro atoms. The minimum absolute atomic E-state index is 0.0121. The molecule has 2 aromatic heterocycles. The lowest BCUT2D eigenvalue weighted by molar-refractivity contribution is 0.0954. The predicted molar refractivity (Wildman–Crippen MR) is 90.1 cm³/mol. The molecule has 23 heavy (non-hydrogen) atoms. The summed E-state index contributed by atoms with van der Waals surface area (Å²) in [6.45, 7) is 3.56. The number of anilines is 1.